The van der Waals surface area contributed by atoms with Crippen LogP contribution in [0.25, 0.3) is 0 Å². The molecule has 0 aromatic heterocycles. The largest absolute Gasteiger partial charge is 0.398 e. The standard InChI is InChI=1S/C13H11ClF2N2O2S/c1-7-2-4-9(15)13(12(7)16)18-21(19,20)11-6-8(14)3-5-10(11)17/h2-6,18H,17H2,1H3. The van der Waals surface area contributed by atoms with Crippen molar-refractivity contribution in [2.75, 3.05) is 10.5 Å². The summed E-state index contributed by atoms with van der Waals surface area (Å²) in [5, 5.41) is 0.134. The van der Waals surface area contributed by atoms with Gasteiger partial charge in [0.2, 0.25) is 0 Å². The Kier molecular flexibility index (Phi) is 4.06. The average Bonchev–Trinajstić information content (AvgIpc) is 2.42. The van der Waals surface area contributed by atoms with Gasteiger partial charge in [-0.3, -0.25) is 4.72 Å². The lowest BCUT2D eigenvalue weighted by Gasteiger charge is -2.12. The topological polar surface area (TPSA) is 72.2 Å². The third-order valence-corrected chi connectivity index (χ3v) is 4.43. The second kappa shape index (κ2) is 5.50. The summed E-state index contributed by atoms with van der Waals surface area (Å²) < 4.78 is 53.8. The minimum atomic E-state index is -4.27. The first-order valence-corrected chi connectivity index (χ1v) is 7.61. The van der Waals surface area contributed by atoms with E-state index in [1.807, 2.05) is 4.72 Å². The lowest BCUT2D eigenvalue weighted by Crippen LogP contribution is -2.17. The molecule has 0 saturated carbocycles. The minimum Gasteiger partial charge on any atom is -0.398 e. The van der Waals surface area contributed by atoms with Crippen molar-refractivity contribution >= 4 is 33.0 Å². The van der Waals surface area contributed by atoms with E-state index in [4.69, 9.17) is 17.3 Å². The Bertz CT molecular complexity index is 810. The Labute approximate surface area is 125 Å². The van der Waals surface area contributed by atoms with Crippen molar-refractivity contribution in [2.24, 2.45) is 0 Å². The molecule has 0 saturated heterocycles. The van der Waals surface area contributed by atoms with E-state index in [-0.39, 0.29) is 21.2 Å². The molecule has 0 heterocycles. The van der Waals surface area contributed by atoms with Crippen molar-refractivity contribution in [2.45, 2.75) is 11.8 Å². The third kappa shape index (κ3) is 3.08. The summed E-state index contributed by atoms with van der Waals surface area (Å²) in [4.78, 5) is -0.352. The van der Waals surface area contributed by atoms with Crippen LogP contribution in [0.5, 0.6) is 0 Å². The SMILES string of the molecule is Cc1ccc(F)c(NS(=O)(=O)c2cc(Cl)ccc2N)c1F. The van der Waals surface area contributed by atoms with Crippen LogP contribution in [0, 0.1) is 18.6 Å². The van der Waals surface area contributed by atoms with Crippen molar-refractivity contribution in [3.05, 3.63) is 52.6 Å². The van der Waals surface area contributed by atoms with E-state index in [1.54, 1.807) is 0 Å². The molecule has 8 heteroatoms. The zero-order valence-corrected chi connectivity index (χ0v) is 12.4. The smallest absolute Gasteiger partial charge is 0.264 e. The van der Waals surface area contributed by atoms with E-state index >= 15 is 0 Å². The molecule has 2 aromatic rings. The predicted octanol–water partition coefficient (Wildman–Crippen LogP) is 3.31. The van der Waals surface area contributed by atoms with Crippen molar-refractivity contribution in [1.82, 2.24) is 0 Å². The molecule has 112 valence electrons. The number of benzene rings is 2. The maximum Gasteiger partial charge on any atom is 0.264 e. The fourth-order valence-corrected chi connectivity index (χ4v) is 3.14. The molecule has 3 N–H and O–H groups in total. The Hall–Kier alpha value is -1.86. The van der Waals surface area contributed by atoms with Crippen LogP contribution < -0.4 is 10.5 Å². The van der Waals surface area contributed by atoms with Crippen molar-refractivity contribution in [3.63, 3.8) is 0 Å². The summed E-state index contributed by atoms with van der Waals surface area (Å²) in [6, 6.07) is 5.97. The molecule has 0 radical (unpaired) electrons. The Morgan fingerprint density at radius 2 is 1.86 bits per heavy atom. The number of nitrogen functional groups attached to an aromatic ring is 1. The molecule has 0 aliphatic heterocycles. The predicted molar refractivity (Wildman–Crippen MR) is 77.8 cm³/mol. The molecule has 0 aliphatic rings. The van der Waals surface area contributed by atoms with Crippen LogP contribution in [0.2, 0.25) is 5.02 Å². The maximum absolute atomic E-state index is 13.9. The fourth-order valence-electron chi connectivity index (χ4n) is 1.68. The number of rotatable bonds is 3. The average molecular weight is 333 g/mol. The number of aryl methyl sites for hydroxylation is 1. The van der Waals surface area contributed by atoms with Gasteiger partial charge >= 0.3 is 0 Å². The van der Waals surface area contributed by atoms with Gasteiger partial charge < -0.3 is 5.73 Å². The number of nitrogens with one attached hydrogen (secondary N) is 1. The van der Waals surface area contributed by atoms with E-state index in [0.717, 1.165) is 12.1 Å². The molecular weight excluding hydrogens is 322 g/mol. The van der Waals surface area contributed by atoms with E-state index in [0.29, 0.717) is 0 Å². The summed E-state index contributed by atoms with van der Waals surface area (Å²) in [5.41, 5.74) is 4.84. The highest BCUT2D eigenvalue weighted by Gasteiger charge is 2.22. The number of hydrogen-bond donors (Lipinski definition) is 2. The third-order valence-electron chi connectivity index (χ3n) is 2.79. The number of anilines is 2. The highest BCUT2D eigenvalue weighted by molar-refractivity contribution is 7.92. The molecular formula is C13H11ClF2N2O2S. The molecule has 0 fully saturated rings. The maximum atomic E-state index is 13.9. The van der Waals surface area contributed by atoms with Gasteiger partial charge in [-0.05, 0) is 36.8 Å². The van der Waals surface area contributed by atoms with E-state index in [2.05, 4.69) is 0 Å². The number of sulfonamides is 1. The van der Waals surface area contributed by atoms with Crippen LogP contribution in [0.4, 0.5) is 20.2 Å². The van der Waals surface area contributed by atoms with Crippen LogP contribution in [0.1, 0.15) is 5.56 Å². The second-order valence-electron chi connectivity index (χ2n) is 4.34. The molecule has 21 heavy (non-hydrogen) atoms. The van der Waals surface area contributed by atoms with Crippen molar-refractivity contribution in [3.8, 4) is 0 Å². The van der Waals surface area contributed by atoms with Gasteiger partial charge in [-0.2, -0.15) is 0 Å². The number of hydrogen-bond acceptors (Lipinski definition) is 3. The van der Waals surface area contributed by atoms with Gasteiger partial charge in [-0.1, -0.05) is 17.7 Å². The van der Waals surface area contributed by atoms with E-state index in [9.17, 15) is 17.2 Å². The normalized spacial score (nSPS) is 11.4. The molecule has 0 spiro atoms. The first kappa shape index (κ1) is 15.5. The summed E-state index contributed by atoms with van der Waals surface area (Å²) in [6.45, 7) is 1.39. The summed E-state index contributed by atoms with van der Waals surface area (Å²) in [5.74, 6) is -2.01. The zero-order chi connectivity index (χ0) is 15.8. The van der Waals surface area contributed by atoms with Crippen LogP contribution in [-0.2, 0) is 10.0 Å². The van der Waals surface area contributed by atoms with Crippen LogP contribution in [0.3, 0.4) is 0 Å². The van der Waals surface area contributed by atoms with Crippen molar-refractivity contribution < 1.29 is 17.2 Å². The number of nitrogens with two attached hydrogens (primary N) is 1. The zero-order valence-electron chi connectivity index (χ0n) is 10.8. The monoisotopic (exact) mass is 332 g/mol. The molecule has 0 aliphatic carbocycles. The molecule has 0 atom stereocenters. The van der Waals surface area contributed by atoms with Gasteiger partial charge in [0.1, 0.15) is 16.4 Å². The molecule has 4 nitrogen and oxygen atoms in total. The molecule has 0 bridgehead atoms. The molecule has 0 amide bonds. The number of halogens is 3. The second-order valence-corrected chi connectivity index (χ2v) is 6.43. The quantitative estimate of drug-likeness (QED) is 0.847. The Balaban J connectivity index is 2.53. The Morgan fingerprint density at radius 3 is 2.52 bits per heavy atom. The molecule has 0 unspecified atom stereocenters. The lowest BCUT2D eigenvalue weighted by molar-refractivity contribution is 0.579. The van der Waals surface area contributed by atoms with Gasteiger partial charge in [0.25, 0.3) is 10.0 Å². The highest BCUT2D eigenvalue weighted by atomic mass is 35.5. The summed E-state index contributed by atoms with van der Waals surface area (Å²) in [6.07, 6.45) is 0. The van der Waals surface area contributed by atoms with Gasteiger partial charge in [0, 0.05) is 5.02 Å². The first-order chi connectivity index (χ1) is 9.72. The fraction of sp³-hybridized carbons (Fsp3) is 0.0769. The van der Waals surface area contributed by atoms with Crippen molar-refractivity contribution in [1.29, 1.82) is 0 Å². The van der Waals surface area contributed by atoms with Gasteiger partial charge in [0.05, 0.1) is 5.69 Å². The molecule has 2 aromatic carbocycles. The van der Waals surface area contributed by atoms with Gasteiger partial charge in [0.15, 0.2) is 5.82 Å². The Morgan fingerprint density at radius 1 is 1.19 bits per heavy atom. The van der Waals surface area contributed by atoms with Gasteiger partial charge in [-0.25, -0.2) is 17.2 Å². The first-order valence-electron chi connectivity index (χ1n) is 5.75. The van der Waals surface area contributed by atoms with Gasteiger partial charge in [-0.15, -0.1) is 0 Å². The molecule has 2 rings (SSSR count). The highest BCUT2D eigenvalue weighted by Crippen LogP contribution is 2.28. The van der Waals surface area contributed by atoms with E-state index < -0.39 is 27.3 Å². The van der Waals surface area contributed by atoms with Crippen LogP contribution >= 0.6 is 11.6 Å². The van der Waals surface area contributed by atoms with Crippen LogP contribution in [-0.4, -0.2) is 8.42 Å². The minimum absolute atomic E-state index is 0.0830. The van der Waals surface area contributed by atoms with Crippen LogP contribution in [0.15, 0.2) is 35.2 Å². The summed E-state index contributed by atoms with van der Waals surface area (Å²) >= 11 is 5.72. The van der Waals surface area contributed by atoms with E-state index in [1.165, 1.54) is 25.1 Å². The lowest BCUT2D eigenvalue weighted by atomic mass is 10.2. The summed E-state index contributed by atoms with van der Waals surface area (Å²) in [7, 11) is -4.27.